The third-order valence-electron chi connectivity index (χ3n) is 2.50. The molecule has 0 fully saturated rings. The van der Waals surface area contributed by atoms with Crippen LogP contribution in [0.1, 0.15) is 18.5 Å². The highest BCUT2D eigenvalue weighted by atomic mass is 16.7. The Labute approximate surface area is 104 Å². The molecule has 18 heavy (non-hydrogen) atoms. The molecule has 2 rings (SSSR count). The van der Waals surface area contributed by atoms with E-state index >= 15 is 0 Å². The lowest BCUT2D eigenvalue weighted by molar-refractivity contribution is -0.486. The fourth-order valence-corrected chi connectivity index (χ4v) is 1.67. The fourth-order valence-electron chi connectivity index (χ4n) is 1.67. The summed E-state index contributed by atoms with van der Waals surface area (Å²) in [5, 5.41) is 10.6. The van der Waals surface area contributed by atoms with E-state index in [2.05, 4.69) is 5.48 Å². The Bertz CT molecular complexity index is 437. The number of nitrogens with zero attached hydrogens (tertiary/aromatic N) is 1. The molecule has 0 amide bonds. The van der Waals surface area contributed by atoms with Crippen molar-refractivity contribution in [2.75, 3.05) is 19.9 Å². The average Bonchev–Trinajstić information content (AvgIpc) is 2.81. The molecule has 1 aromatic carbocycles. The van der Waals surface area contributed by atoms with Crippen LogP contribution in [0.15, 0.2) is 18.2 Å². The van der Waals surface area contributed by atoms with E-state index in [9.17, 15) is 10.1 Å². The molecule has 1 aliphatic heterocycles. The molecule has 1 N–H and O–H groups in total. The van der Waals surface area contributed by atoms with Crippen LogP contribution < -0.4 is 15.0 Å². The van der Waals surface area contributed by atoms with Crippen LogP contribution in [0, 0.1) is 10.1 Å². The van der Waals surface area contributed by atoms with E-state index in [0.717, 1.165) is 5.56 Å². The van der Waals surface area contributed by atoms with Gasteiger partial charge in [0.2, 0.25) is 13.3 Å². The molecule has 1 aliphatic rings. The lowest BCUT2D eigenvalue weighted by Gasteiger charge is -2.14. The summed E-state index contributed by atoms with van der Waals surface area (Å²) in [6.07, 6.45) is 0. The first-order chi connectivity index (χ1) is 8.70. The molecule has 0 radical (unpaired) electrons. The first kappa shape index (κ1) is 12.6. The standard InChI is InChI=1S/C11H14N2O5/c1-2-18-12-9(6-13(14)15)8-3-4-10-11(5-8)17-7-16-10/h3-5,9,12H,2,6-7H2,1H3. The molecule has 1 atom stereocenters. The maximum Gasteiger partial charge on any atom is 0.231 e. The van der Waals surface area contributed by atoms with Gasteiger partial charge < -0.3 is 14.3 Å². The van der Waals surface area contributed by atoms with Crippen LogP contribution in [0.3, 0.4) is 0 Å². The number of hydrogen-bond donors (Lipinski definition) is 1. The molecule has 1 unspecified atom stereocenters. The molecule has 7 nitrogen and oxygen atoms in total. The summed E-state index contributed by atoms with van der Waals surface area (Å²) in [6, 6.07) is 4.70. The van der Waals surface area contributed by atoms with Gasteiger partial charge in [0.15, 0.2) is 11.5 Å². The van der Waals surface area contributed by atoms with Crippen LogP contribution in [0.25, 0.3) is 0 Å². The van der Waals surface area contributed by atoms with Crippen LogP contribution in [-0.2, 0) is 4.84 Å². The summed E-state index contributed by atoms with van der Waals surface area (Å²) >= 11 is 0. The smallest absolute Gasteiger partial charge is 0.231 e. The van der Waals surface area contributed by atoms with E-state index in [0.29, 0.717) is 18.1 Å². The Morgan fingerprint density at radius 2 is 2.28 bits per heavy atom. The van der Waals surface area contributed by atoms with Crippen molar-refractivity contribution in [2.45, 2.75) is 13.0 Å². The summed E-state index contributed by atoms with van der Waals surface area (Å²) in [4.78, 5) is 15.3. The van der Waals surface area contributed by atoms with Crippen LogP contribution in [-0.4, -0.2) is 24.9 Å². The number of hydroxylamine groups is 1. The molecular weight excluding hydrogens is 240 g/mol. The third-order valence-corrected chi connectivity index (χ3v) is 2.50. The maximum absolute atomic E-state index is 10.6. The van der Waals surface area contributed by atoms with Crippen molar-refractivity contribution in [3.05, 3.63) is 33.9 Å². The van der Waals surface area contributed by atoms with Gasteiger partial charge in [0.25, 0.3) is 0 Å². The van der Waals surface area contributed by atoms with E-state index in [1.165, 1.54) is 0 Å². The first-order valence-corrected chi connectivity index (χ1v) is 5.59. The molecule has 7 heteroatoms. The SMILES string of the molecule is CCONC(C[N+](=O)[O-])c1ccc2c(c1)OCO2. The minimum Gasteiger partial charge on any atom is -0.454 e. The number of hydrogen-bond acceptors (Lipinski definition) is 6. The summed E-state index contributed by atoms with van der Waals surface area (Å²) < 4.78 is 10.4. The van der Waals surface area contributed by atoms with Crippen molar-refractivity contribution in [1.29, 1.82) is 0 Å². The first-order valence-electron chi connectivity index (χ1n) is 5.59. The van der Waals surface area contributed by atoms with Crippen LogP contribution in [0.4, 0.5) is 0 Å². The highest BCUT2D eigenvalue weighted by molar-refractivity contribution is 5.45. The Balaban J connectivity index is 2.15. The van der Waals surface area contributed by atoms with E-state index in [-0.39, 0.29) is 18.3 Å². The molecule has 1 heterocycles. The second kappa shape index (κ2) is 5.65. The molecule has 0 aromatic heterocycles. The van der Waals surface area contributed by atoms with Gasteiger partial charge in [-0.2, -0.15) is 5.48 Å². The molecule has 0 spiro atoms. The quantitative estimate of drug-likeness (QED) is 0.608. The second-order valence-corrected chi connectivity index (χ2v) is 3.73. The molecular formula is C11H14N2O5. The fraction of sp³-hybridized carbons (Fsp3) is 0.455. The van der Waals surface area contributed by atoms with E-state index in [1.807, 2.05) is 0 Å². The molecule has 0 bridgehead atoms. The highest BCUT2D eigenvalue weighted by Gasteiger charge is 2.21. The van der Waals surface area contributed by atoms with Crippen molar-refractivity contribution >= 4 is 0 Å². The predicted molar refractivity (Wildman–Crippen MR) is 61.9 cm³/mol. The zero-order valence-electron chi connectivity index (χ0n) is 9.92. The van der Waals surface area contributed by atoms with E-state index in [4.69, 9.17) is 14.3 Å². The molecule has 98 valence electrons. The Hall–Kier alpha value is -1.86. The van der Waals surface area contributed by atoms with E-state index < -0.39 is 6.04 Å². The van der Waals surface area contributed by atoms with Crippen molar-refractivity contribution < 1.29 is 19.2 Å². The summed E-state index contributed by atoms with van der Waals surface area (Å²) in [5.74, 6) is 1.24. The number of ether oxygens (including phenoxy) is 2. The molecule has 0 saturated carbocycles. The van der Waals surface area contributed by atoms with Gasteiger partial charge in [-0.25, -0.2) is 0 Å². The zero-order valence-corrected chi connectivity index (χ0v) is 9.92. The van der Waals surface area contributed by atoms with Crippen LogP contribution >= 0.6 is 0 Å². The van der Waals surface area contributed by atoms with Gasteiger partial charge in [-0.1, -0.05) is 6.07 Å². The minimum absolute atomic E-state index is 0.178. The summed E-state index contributed by atoms with van der Waals surface area (Å²) in [6.45, 7) is 2.14. The van der Waals surface area contributed by atoms with Crippen molar-refractivity contribution in [2.24, 2.45) is 0 Å². The third kappa shape index (κ3) is 2.88. The number of fused-ring (bicyclic) bond motifs is 1. The number of rotatable bonds is 6. The maximum atomic E-state index is 10.6. The van der Waals surface area contributed by atoms with Gasteiger partial charge in [0.1, 0.15) is 6.04 Å². The Kier molecular flexibility index (Phi) is 3.96. The van der Waals surface area contributed by atoms with Gasteiger partial charge in [-0.15, -0.1) is 0 Å². The number of nitrogens with one attached hydrogen (secondary N) is 1. The minimum atomic E-state index is -0.519. The van der Waals surface area contributed by atoms with Gasteiger partial charge >= 0.3 is 0 Å². The van der Waals surface area contributed by atoms with Gasteiger partial charge in [0, 0.05) is 4.92 Å². The Morgan fingerprint density at radius 1 is 1.50 bits per heavy atom. The largest absolute Gasteiger partial charge is 0.454 e. The van der Waals surface area contributed by atoms with Crippen LogP contribution in [0.2, 0.25) is 0 Å². The molecule has 0 aliphatic carbocycles. The van der Waals surface area contributed by atoms with Gasteiger partial charge in [0.05, 0.1) is 6.61 Å². The zero-order chi connectivity index (χ0) is 13.0. The van der Waals surface area contributed by atoms with Gasteiger partial charge in [-0.3, -0.25) is 10.1 Å². The van der Waals surface area contributed by atoms with Crippen molar-refractivity contribution in [3.8, 4) is 11.5 Å². The average molecular weight is 254 g/mol. The lowest BCUT2D eigenvalue weighted by Crippen LogP contribution is -2.28. The van der Waals surface area contributed by atoms with Crippen molar-refractivity contribution in [1.82, 2.24) is 5.48 Å². The number of benzene rings is 1. The van der Waals surface area contributed by atoms with Crippen molar-refractivity contribution in [3.63, 3.8) is 0 Å². The predicted octanol–water partition coefficient (Wildman–Crippen LogP) is 1.27. The van der Waals surface area contributed by atoms with E-state index in [1.54, 1.807) is 25.1 Å². The summed E-state index contributed by atoms with van der Waals surface area (Å²) in [7, 11) is 0. The van der Waals surface area contributed by atoms with Crippen LogP contribution in [0.5, 0.6) is 11.5 Å². The monoisotopic (exact) mass is 254 g/mol. The Morgan fingerprint density at radius 3 is 3.00 bits per heavy atom. The lowest BCUT2D eigenvalue weighted by atomic mass is 10.1. The highest BCUT2D eigenvalue weighted by Crippen LogP contribution is 2.34. The molecule has 0 saturated heterocycles. The topological polar surface area (TPSA) is 82.9 Å². The number of nitro groups is 1. The van der Waals surface area contributed by atoms with Gasteiger partial charge in [-0.05, 0) is 24.6 Å². The summed E-state index contributed by atoms with van der Waals surface area (Å²) in [5.41, 5.74) is 3.40. The second-order valence-electron chi connectivity index (χ2n) is 3.73. The normalized spacial score (nSPS) is 14.5. The molecule has 1 aromatic rings.